The zero-order valence-electron chi connectivity index (χ0n) is 22.0. The second kappa shape index (κ2) is 9.96. The lowest BCUT2D eigenvalue weighted by atomic mass is 10.2. The van der Waals surface area contributed by atoms with Crippen molar-refractivity contribution in [2.24, 2.45) is 14.1 Å². The van der Waals surface area contributed by atoms with E-state index in [1.54, 1.807) is 14.0 Å². The average molecular weight is 665 g/mol. The van der Waals surface area contributed by atoms with E-state index in [4.69, 9.17) is 0 Å². The van der Waals surface area contributed by atoms with Gasteiger partial charge in [0.2, 0.25) is 0 Å². The zero-order chi connectivity index (χ0) is 32.2. The number of aromatic nitrogens is 6. The molecular formula is C24H19F11N6S2. The Labute approximate surface area is 239 Å². The molecule has 5 rings (SSSR count). The highest BCUT2D eigenvalue weighted by Gasteiger charge is 2.65. The number of benzene rings is 1. The fourth-order valence-electron chi connectivity index (χ4n) is 3.83. The number of imidazole rings is 2. The molecule has 0 spiro atoms. The Hall–Kier alpha value is -3.61. The molecule has 4 heterocycles. The van der Waals surface area contributed by atoms with Crippen LogP contribution in [0, 0.1) is 0 Å². The van der Waals surface area contributed by atoms with Crippen molar-refractivity contribution in [2.45, 2.75) is 29.1 Å². The van der Waals surface area contributed by atoms with Crippen LogP contribution in [0.3, 0.4) is 0 Å². The zero-order valence-corrected chi connectivity index (χ0v) is 23.6. The lowest BCUT2D eigenvalue weighted by Gasteiger charge is -2.40. The smallest absolute Gasteiger partial charge is 0.334 e. The van der Waals surface area contributed by atoms with Crippen LogP contribution in [-0.4, -0.2) is 34.8 Å². The molecule has 0 N–H and O–H groups in total. The standard InChI is InChI=1S/C16H12F6N4S.C8H7F5N2S/c1-3-27-11-5-9(16(20,21)22)6-23-12(11)14-25-10-4-8(15(17,18)19)7-24-13(10)26(14)2;1-15-5-14-7-4-6(2-3-8(7)15)16(9,10,11,12)13/h4-7H,3H2,1-2H3;2-5H,1H3. The first-order valence-corrected chi connectivity index (χ1v) is 14.7. The maximum absolute atomic E-state index is 13.0. The van der Waals surface area contributed by atoms with Gasteiger partial charge in [-0.2, -0.15) is 26.3 Å². The summed E-state index contributed by atoms with van der Waals surface area (Å²) in [7, 11) is -6.51. The number of hydrogen-bond acceptors (Lipinski definition) is 5. The molecule has 0 aliphatic carbocycles. The van der Waals surface area contributed by atoms with Crippen LogP contribution in [0.2, 0.25) is 0 Å². The first-order chi connectivity index (χ1) is 19.5. The molecule has 19 heteroatoms. The van der Waals surface area contributed by atoms with Crippen LogP contribution < -0.4 is 0 Å². The Bertz CT molecular complexity index is 1830. The van der Waals surface area contributed by atoms with Gasteiger partial charge < -0.3 is 9.13 Å². The molecule has 0 bridgehead atoms. The summed E-state index contributed by atoms with van der Waals surface area (Å²) < 4.78 is 143. The molecule has 0 amide bonds. The molecule has 0 aliphatic heterocycles. The van der Waals surface area contributed by atoms with Gasteiger partial charge in [0.15, 0.2) is 11.5 Å². The number of alkyl halides is 6. The summed E-state index contributed by atoms with van der Waals surface area (Å²) >= 11 is 1.14. The summed E-state index contributed by atoms with van der Waals surface area (Å²) in [5.74, 6) is 0.623. The van der Waals surface area contributed by atoms with E-state index in [2.05, 4.69) is 19.9 Å². The van der Waals surface area contributed by atoms with Crippen molar-refractivity contribution >= 4 is 44.2 Å². The molecule has 0 saturated heterocycles. The van der Waals surface area contributed by atoms with Crippen molar-refractivity contribution in [3.05, 3.63) is 60.2 Å². The van der Waals surface area contributed by atoms with Gasteiger partial charge in [0, 0.05) is 31.4 Å². The minimum absolute atomic E-state index is 0.0172. The van der Waals surface area contributed by atoms with Crippen molar-refractivity contribution in [1.82, 2.24) is 29.1 Å². The monoisotopic (exact) mass is 664 g/mol. The van der Waals surface area contributed by atoms with Crippen LogP contribution in [-0.2, 0) is 26.4 Å². The fraction of sp³-hybridized carbons (Fsp3) is 0.250. The van der Waals surface area contributed by atoms with Crippen LogP contribution in [0.4, 0.5) is 45.8 Å². The summed E-state index contributed by atoms with van der Waals surface area (Å²) in [5, 5.41) is 0. The lowest BCUT2D eigenvalue weighted by Crippen LogP contribution is -2.07. The first-order valence-electron chi connectivity index (χ1n) is 11.7. The lowest BCUT2D eigenvalue weighted by molar-refractivity contribution is -0.138. The summed E-state index contributed by atoms with van der Waals surface area (Å²) in [4.78, 5) is 13.7. The largest absolute Gasteiger partial charge is 0.417 e. The fourth-order valence-corrected chi connectivity index (χ4v) is 5.29. The third-order valence-corrected chi connectivity index (χ3v) is 7.93. The number of aryl methyl sites for hydroxylation is 2. The molecule has 6 nitrogen and oxygen atoms in total. The molecule has 1 aromatic carbocycles. The molecule has 5 aromatic rings. The van der Waals surface area contributed by atoms with E-state index in [-0.39, 0.29) is 33.1 Å². The minimum Gasteiger partial charge on any atom is -0.334 e. The minimum atomic E-state index is -9.59. The number of rotatable bonds is 4. The van der Waals surface area contributed by atoms with Gasteiger partial charge >= 0.3 is 22.6 Å². The van der Waals surface area contributed by atoms with E-state index in [0.717, 1.165) is 30.0 Å². The van der Waals surface area contributed by atoms with Crippen LogP contribution >= 0.6 is 22.0 Å². The third kappa shape index (κ3) is 6.97. The van der Waals surface area contributed by atoms with Crippen molar-refractivity contribution in [2.75, 3.05) is 5.75 Å². The van der Waals surface area contributed by atoms with Crippen molar-refractivity contribution < 1.29 is 45.8 Å². The topological polar surface area (TPSA) is 61.4 Å². The van der Waals surface area contributed by atoms with E-state index in [0.29, 0.717) is 35.8 Å². The maximum atomic E-state index is 13.0. The number of pyridine rings is 2. The molecule has 0 unspecified atom stereocenters. The van der Waals surface area contributed by atoms with Crippen LogP contribution in [0.5, 0.6) is 0 Å². The Morgan fingerprint density at radius 3 is 1.98 bits per heavy atom. The first kappa shape index (κ1) is 32.3. The SMILES string of the molecule is CCSc1cc(C(F)(F)F)cnc1-c1nc2cc(C(F)(F)F)cnc2n1C.Cn1cnc2cc(S(F)(F)(F)(F)F)ccc21. The van der Waals surface area contributed by atoms with Crippen LogP contribution in [0.15, 0.2) is 58.8 Å². The Morgan fingerprint density at radius 2 is 1.40 bits per heavy atom. The van der Waals surface area contributed by atoms with Crippen molar-refractivity contribution in [3.63, 3.8) is 0 Å². The second-order valence-electron chi connectivity index (χ2n) is 9.04. The number of halogens is 11. The highest BCUT2D eigenvalue weighted by atomic mass is 32.5. The third-order valence-electron chi connectivity index (χ3n) is 5.87. The van der Waals surface area contributed by atoms with Gasteiger partial charge in [-0.15, -0.1) is 11.8 Å². The van der Waals surface area contributed by atoms with Crippen LogP contribution in [0.25, 0.3) is 33.7 Å². The molecule has 0 aliphatic rings. The van der Waals surface area contributed by atoms with E-state index in [1.807, 2.05) is 0 Å². The number of hydrogen-bond donors (Lipinski definition) is 0. The Balaban J connectivity index is 0.000000225. The van der Waals surface area contributed by atoms with Gasteiger partial charge in [0.05, 0.1) is 28.5 Å². The summed E-state index contributed by atoms with van der Waals surface area (Å²) in [6.07, 6.45) is -6.49. The van der Waals surface area contributed by atoms with Gasteiger partial charge in [-0.1, -0.05) is 26.4 Å². The second-order valence-corrected chi connectivity index (χ2v) is 12.8. The molecule has 0 fully saturated rings. The van der Waals surface area contributed by atoms with E-state index in [9.17, 15) is 45.8 Å². The summed E-state index contributed by atoms with van der Waals surface area (Å²) in [5.41, 5.74) is -1.28. The number of thioether (sulfide) groups is 1. The molecule has 43 heavy (non-hydrogen) atoms. The van der Waals surface area contributed by atoms with Crippen molar-refractivity contribution in [3.8, 4) is 11.5 Å². The highest BCUT2D eigenvalue weighted by molar-refractivity contribution is 8.45. The quantitative estimate of drug-likeness (QED) is 0.142. The Morgan fingerprint density at radius 1 is 0.791 bits per heavy atom. The Kier molecular flexibility index (Phi) is 7.49. The predicted molar refractivity (Wildman–Crippen MR) is 140 cm³/mol. The highest BCUT2D eigenvalue weighted by Crippen LogP contribution is 3.02. The van der Waals surface area contributed by atoms with Gasteiger partial charge in [0.25, 0.3) is 0 Å². The van der Waals surface area contributed by atoms with Gasteiger partial charge in [-0.25, -0.2) is 15.0 Å². The summed E-state index contributed by atoms with van der Waals surface area (Å²) in [6, 6.07) is 3.55. The normalized spacial score (nSPS) is 14.4. The number of nitrogens with zero attached hydrogens (tertiary/aromatic N) is 6. The molecule has 0 radical (unpaired) electrons. The molecule has 4 aromatic heterocycles. The van der Waals surface area contributed by atoms with Gasteiger partial charge in [0.1, 0.15) is 16.1 Å². The molecule has 234 valence electrons. The van der Waals surface area contributed by atoms with Crippen molar-refractivity contribution in [1.29, 1.82) is 0 Å². The van der Waals surface area contributed by atoms with E-state index >= 15 is 0 Å². The summed E-state index contributed by atoms with van der Waals surface area (Å²) in [6.45, 7) is 1.76. The van der Waals surface area contributed by atoms with E-state index < -0.39 is 38.6 Å². The molecular weight excluding hydrogens is 645 g/mol. The average Bonchev–Trinajstić information content (AvgIpc) is 3.41. The van der Waals surface area contributed by atoms with Crippen LogP contribution in [0.1, 0.15) is 18.1 Å². The number of fused-ring (bicyclic) bond motifs is 2. The van der Waals surface area contributed by atoms with Gasteiger partial charge in [-0.05, 0) is 36.1 Å². The maximum Gasteiger partial charge on any atom is 0.417 e. The molecule has 0 saturated carbocycles. The van der Waals surface area contributed by atoms with Gasteiger partial charge in [-0.3, -0.25) is 4.98 Å². The predicted octanol–water partition coefficient (Wildman–Crippen LogP) is 9.41. The van der Waals surface area contributed by atoms with E-state index in [1.165, 1.54) is 22.5 Å². The molecule has 0 atom stereocenters.